The molecule has 2 aromatic carbocycles. The van der Waals surface area contributed by atoms with Gasteiger partial charge in [0.2, 0.25) is 6.79 Å². The summed E-state index contributed by atoms with van der Waals surface area (Å²) in [5, 5.41) is 0. The molecule has 6 rings (SSSR count). The first-order valence-corrected chi connectivity index (χ1v) is 12.8. The number of para-hydroxylation sites is 1. The normalized spacial score (nSPS) is 24.9. The Kier molecular flexibility index (Phi) is 6.04. The molecule has 0 bridgehead atoms. The van der Waals surface area contributed by atoms with Crippen molar-refractivity contribution in [3.8, 4) is 11.5 Å². The van der Waals surface area contributed by atoms with E-state index in [0.29, 0.717) is 6.79 Å². The highest BCUT2D eigenvalue weighted by atomic mass is 16.7. The molecule has 1 atom stereocenters. The van der Waals surface area contributed by atoms with Gasteiger partial charge in [-0.05, 0) is 56.5 Å². The van der Waals surface area contributed by atoms with Gasteiger partial charge in [-0.1, -0.05) is 18.2 Å². The third-order valence-electron chi connectivity index (χ3n) is 8.08. The second-order valence-corrected chi connectivity index (χ2v) is 9.91. The van der Waals surface area contributed by atoms with E-state index >= 15 is 0 Å². The molecule has 33 heavy (non-hydrogen) atoms. The summed E-state index contributed by atoms with van der Waals surface area (Å²) in [7, 11) is 0. The third kappa shape index (κ3) is 4.51. The Balaban J connectivity index is 1.01. The Morgan fingerprint density at radius 2 is 1.36 bits per heavy atom. The number of piperidine rings is 2. The van der Waals surface area contributed by atoms with Crippen molar-refractivity contribution >= 4 is 11.4 Å². The molecule has 3 fully saturated rings. The molecule has 4 aliphatic rings. The largest absolute Gasteiger partial charge is 0.454 e. The van der Waals surface area contributed by atoms with E-state index < -0.39 is 0 Å². The summed E-state index contributed by atoms with van der Waals surface area (Å²) < 4.78 is 11.1. The van der Waals surface area contributed by atoms with E-state index in [1.807, 2.05) is 0 Å². The van der Waals surface area contributed by atoms with Crippen molar-refractivity contribution in [1.82, 2.24) is 9.80 Å². The molecule has 0 aromatic heterocycles. The Labute approximate surface area is 197 Å². The smallest absolute Gasteiger partial charge is 0.231 e. The van der Waals surface area contributed by atoms with Gasteiger partial charge in [-0.3, -0.25) is 9.80 Å². The maximum Gasteiger partial charge on any atom is 0.231 e. The number of likely N-dealkylation sites (tertiary alicyclic amines) is 1. The van der Waals surface area contributed by atoms with Gasteiger partial charge in [0.05, 0.1) is 0 Å². The number of benzene rings is 2. The van der Waals surface area contributed by atoms with E-state index in [2.05, 4.69) is 68.1 Å². The minimum absolute atomic E-state index is 0.346. The van der Waals surface area contributed by atoms with Crippen molar-refractivity contribution in [2.45, 2.75) is 37.8 Å². The van der Waals surface area contributed by atoms with Crippen molar-refractivity contribution in [3.63, 3.8) is 0 Å². The minimum Gasteiger partial charge on any atom is -0.454 e. The second kappa shape index (κ2) is 9.43. The van der Waals surface area contributed by atoms with E-state index in [0.717, 1.165) is 49.8 Å². The van der Waals surface area contributed by atoms with Gasteiger partial charge in [0, 0.05) is 75.3 Å². The van der Waals surface area contributed by atoms with Gasteiger partial charge in [-0.15, -0.1) is 0 Å². The van der Waals surface area contributed by atoms with Gasteiger partial charge >= 0.3 is 0 Å². The van der Waals surface area contributed by atoms with Gasteiger partial charge in [0.25, 0.3) is 0 Å². The van der Waals surface area contributed by atoms with Crippen LogP contribution in [0.4, 0.5) is 11.4 Å². The third-order valence-corrected chi connectivity index (χ3v) is 8.08. The predicted octanol–water partition coefficient (Wildman–Crippen LogP) is 3.67. The predicted molar refractivity (Wildman–Crippen MR) is 133 cm³/mol. The highest BCUT2D eigenvalue weighted by Gasteiger charge is 2.32. The molecule has 2 aromatic rings. The lowest BCUT2D eigenvalue weighted by Crippen LogP contribution is -2.57. The summed E-state index contributed by atoms with van der Waals surface area (Å²) in [4.78, 5) is 10.6. The van der Waals surface area contributed by atoms with Crippen LogP contribution in [-0.2, 0) is 0 Å². The minimum atomic E-state index is 0.346. The van der Waals surface area contributed by atoms with Crippen LogP contribution in [0.25, 0.3) is 0 Å². The zero-order valence-electron chi connectivity index (χ0n) is 19.6. The van der Waals surface area contributed by atoms with Crippen LogP contribution in [0.5, 0.6) is 11.5 Å². The van der Waals surface area contributed by atoms with Crippen LogP contribution in [0.2, 0.25) is 0 Å². The number of anilines is 2. The summed E-state index contributed by atoms with van der Waals surface area (Å²) in [6.45, 7) is 9.80. The maximum absolute atomic E-state index is 5.58. The fourth-order valence-electron chi connectivity index (χ4n) is 6.17. The van der Waals surface area contributed by atoms with Crippen LogP contribution < -0.4 is 19.3 Å². The molecule has 6 nitrogen and oxygen atoms in total. The number of piperazine rings is 1. The lowest BCUT2D eigenvalue weighted by Gasteiger charge is -2.47. The summed E-state index contributed by atoms with van der Waals surface area (Å²) in [6, 6.07) is 18.7. The van der Waals surface area contributed by atoms with Gasteiger partial charge in [-0.2, -0.15) is 0 Å². The number of ether oxygens (including phenoxy) is 2. The van der Waals surface area contributed by atoms with Crippen molar-refractivity contribution in [2.75, 3.05) is 69.0 Å². The molecule has 0 aliphatic carbocycles. The average Bonchev–Trinajstić information content (AvgIpc) is 3.38. The molecule has 4 aliphatic heterocycles. The molecule has 0 N–H and O–H groups in total. The molecule has 4 heterocycles. The first-order chi connectivity index (χ1) is 16.3. The SMILES string of the molecule is c1ccc(N2CCN(C3CCCN(C4CCN(c5ccc6c(c5)OCO6)CC4)C3)CC2)cc1. The molecule has 1 unspecified atom stereocenters. The monoisotopic (exact) mass is 448 g/mol. The highest BCUT2D eigenvalue weighted by Crippen LogP contribution is 2.36. The van der Waals surface area contributed by atoms with Crippen LogP contribution in [0.1, 0.15) is 25.7 Å². The molecule has 3 saturated heterocycles. The fraction of sp³-hybridized carbons (Fsp3) is 0.556. The van der Waals surface area contributed by atoms with Crippen LogP contribution in [0, 0.1) is 0 Å². The van der Waals surface area contributed by atoms with Crippen LogP contribution >= 0.6 is 0 Å². The number of rotatable bonds is 4. The fourth-order valence-corrected chi connectivity index (χ4v) is 6.17. The average molecular weight is 449 g/mol. The van der Waals surface area contributed by atoms with Crippen molar-refractivity contribution in [3.05, 3.63) is 48.5 Å². The summed E-state index contributed by atoms with van der Waals surface area (Å²) in [5.41, 5.74) is 2.64. The Morgan fingerprint density at radius 3 is 2.18 bits per heavy atom. The molecule has 0 saturated carbocycles. The second-order valence-electron chi connectivity index (χ2n) is 9.91. The van der Waals surface area contributed by atoms with Gasteiger partial charge in [0.1, 0.15) is 0 Å². The molecule has 6 heteroatoms. The lowest BCUT2D eigenvalue weighted by molar-refractivity contribution is 0.0596. The Morgan fingerprint density at radius 1 is 0.606 bits per heavy atom. The van der Waals surface area contributed by atoms with Crippen molar-refractivity contribution in [1.29, 1.82) is 0 Å². The van der Waals surface area contributed by atoms with E-state index in [4.69, 9.17) is 9.47 Å². The maximum atomic E-state index is 5.58. The molecule has 0 spiro atoms. The summed E-state index contributed by atoms with van der Waals surface area (Å²) in [6.07, 6.45) is 5.20. The summed E-state index contributed by atoms with van der Waals surface area (Å²) >= 11 is 0. The van der Waals surface area contributed by atoms with E-state index in [9.17, 15) is 0 Å². The van der Waals surface area contributed by atoms with E-state index in [1.165, 1.54) is 63.2 Å². The zero-order chi connectivity index (χ0) is 22.0. The lowest BCUT2D eigenvalue weighted by atomic mass is 9.96. The summed E-state index contributed by atoms with van der Waals surface area (Å²) in [5.74, 6) is 1.76. The number of nitrogens with zero attached hydrogens (tertiary/aromatic N) is 4. The van der Waals surface area contributed by atoms with Gasteiger partial charge in [-0.25, -0.2) is 0 Å². The van der Waals surface area contributed by atoms with Crippen molar-refractivity contribution in [2.24, 2.45) is 0 Å². The molecular weight excluding hydrogens is 412 g/mol. The molecule has 0 amide bonds. The standard InChI is InChI=1S/C27H36N4O2/c1-2-5-22(6-3-1)29-15-17-30(18-16-29)25-7-4-12-31(20-25)23-10-13-28(14-11-23)24-8-9-26-27(19-24)33-21-32-26/h1-3,5-6,8-9,19,23,25H,4,7,10-18,20-21H2. The van der Waals surface area contributed by atoms with Crippen LogP contribution in [0.15, 0.2) is 48.5 Å². The number of hydrogen-bond acceptors (Lipinski definition) is 6. The first kappa shape index (κ1) is 21.1. The Hall–Kier alpha value is -2.44. The topological polar surface area (TPSA) is 31.4 Å². The molecule has 176 valence electrons. The van der Waals surface area contributed by atoms with Crippen LogP contribution in [0.3, 0.4) is 0 Å². The van der Waals surface area contributed by atoms with Crippen molar-refractivity contribution < 1.29 is 9.47 Å². The Bertz CT molecular complexity index is 923. The number of fused-ring (bicyclic) bond motifs is 1. The zero-order valence-corrected chi connectivity index (χ0v) is 19.6. The van der Waals surface area contributed by atoms with Crippen LogP contribution in [-0.4, -0.2) is 81.0 Å². The van der Waals surface area contributed by atoms with Gasteiger partial charge in [0.15, 0.2) is 11.5 Å². The first-order valence-electron chi connectivity index (χ1n) is 12.8. The van der Waals surface area contributed by atoms with E-state index in [-0.39, 0.29) is 0 Å². The quantitative estimate of drug-likeness (QED) is 0.710. The highest BCUT2D eigenvalue weighted by molar-refractivity contribution is 5.57. The molecular formula is C27H36N4O2. The van der Waals surface area contributed by atoms with E-state index in [1.54, 1.807) is 0 Å². The number of hydrogen-bond donors (Lipinski definition) is 0. The van der Waals surface area contributed by atoms with Gasteiger partial charge < -0.3 is 19.3 Å². The molecule has 0 radical (unpaired) electrons.